The van der Waals surface area contributed by atoms with Gasteiger partial charge in [-0.2, -0.15) is 0 Å². The maximum Gasteiger partial charge on any atom is 0.363 e. The highest BCUT2D eigenvalue weighted by Gasteiger charge is 2.25. The van der Waals surface area contributed by atoms with Crippen LogP contribution in [0.2, 0.25) is 5.02 Å². The summed E-state index contributed by atoms with van der Waals surface area (Å²) in [6.45, 7) is 0. The highest BCUT2D eigenvalue weighted by molar-refractivity contribution is 6.30. The summed E-state index contributed by atoms with van der Waals surface area (Å²) in [5.41, 5.74) is 4.76. The molecule has 0 atom stereocenters. The zero-order chi connectivity index (χ0) is 17.7. The third-order valence-electron chi connectivity index (χ3n) is 4.92. The van der Waals surface area contributed by atoms with Crippen molar-refractivity contribution in [1.82, 2.24) is 0 Å². The van der Waals surface area contributed by atoms with Crippen molar-refractivity contribution in [3.63, 3.8) is 0 Å². The van der Waals surface area contributed by atoms with Crippen LogP contribution < -0.4 is 0 Å². The first-order chi connectivity index (χ1) is 12.7. The van der Waals surface area contributed by atoms with Crippen LogP contribution in [-0.2, 0) is 22.4 Å². The van der Waals surface area contributed by atoms with Crippen LogP contribution in [0.15, 0.2) is 65.3 Å². The summed E-state index contributed by atoms with van der Waals surface area (Å²) in [4.78, 5) is 16.7. The quantitative estimate of drug-likeness (QED) is 0.480. The van der Waals surface area contributed by atoms with Crippen LogP contribution in [0.5, 0.6) is 0 Å². The van der Waals surface area contributed by atoms with Crippen molar-refractivity contribution in [3.8, 4) is 0 Å². The zero-order valence-corrected chi connectivity index (χ0v) is 14.6. The fraction of sp³-hybridized carbons (Fsp3) is 0.0909. The van der Waals surface area contributed by atoms with E-state index in [0.29, 0.717) is 16.6 Å². The number of aryl methyl sites for hydroxylation is 2. The van der Waals surface area contributed by atoms with E-state index >= 15 is 0 Å². The molecular formula is C22H14ClNO2. The molecule has 3 aromatic rings. The van der Waals surface area contributed by atoms with Gasteiger partial charge in [-0.1, -0.05) is 41.9 Å². The summed E-state index contributed by atoms with van der Waals surface area (Å²) < 4.78 is 5.35. The van der Waals surface area contributed by atoms with Crippen molar-refractivity contribution in [1.29, 1.82) is 0 Å². The fourth-order valence-corrected chi connectivity index (χ4v) is 3.82. The topological polar surface area (TPSA) is 38.7 Å². The molecule has 2 aliphatic rings. The second-order valence-electron chi connectivity index (χ2n) is 6.49. The highest BCUT2D eigenvalue weighted by Crippen LogP contribution is 2.34. The zero-order valence-electron chi connectivity index (χ0n) is 13.8. The lowest BCUT2D eigenvalue weighted by Gasteiger charge is -2.05. The molecule has 0 N–H and O–H groups in total. The van der Waals surface area contributed by atoms with E-state index in [1.807, 2.05) is 6.08 Å². The first-order valence-electron chi connectivity index (χ1n) is 8.51. The predicted octanol–water partition coefficient (Wildman–Crippen LogP) is 4.94. The third-order valence-corrected chi connectivity index (χ3v) is 5.18. The second kappa shape index (κ2) is 5.82. The van der Waals surface area contributed by atoms with Crippen LogP contribution in [-0.4, -0.2) is 11.9 Å². The molecule has 0 unspecified atom stereocenters. The van der Waals surface area contributed by atoms with Crippen LogP contribution in [0, 0.1) is 0 Å². The van der Waals surface area contributed by atoms with Crippen molar-refractivity contribution in [2.75, 3.05) is 0 Å². The Labute approximate surface area is 155 Å². The number of carbonyl (C=O) groups excluding carboxylic acids is 1. The number of hydrogen-bond acceptors (Lipinski definition) is 3. The van der Waals surface area contributed by atoms with Gasteiger partial charge in [0.25, 0.3) is 0 Å². The van der Waals surface area contributed by atoms with E-state index in [1.165, 1.54) is 21.9 Å². The lowest BCUT2D eigenvalue weighted by atomic mass is 9.99. The lowest BCUT2D eigenvalue weighted by Crippen LogP contribution is -2.05. The summed E-state index contributed by atoms with van der Waals surface area (Å²) in [6, 6.07) is 17.6. The average molecular weight is 360 g/mol. The molecular weight excluding hydrogens is 346 g/mol. The first-order valence-corrected chi connectivity index (χ1v) is 8.89. The van der Waals surface area contributed by atoms with E-state index in [1.54, 1.807) is 24.3 Å². The number of carbonyl (C=O) groups is 1. The minimum absolute atomic E-state index is 0.316. The molecule has 0 saturated heterocycles. The Hall–Kier alpha value is -2.91. The standard InChI is InChI=1S/C22H14ClNO2/c23-17-9-6-15(7-10-17)21-24-19(22(25)26-21)12-16-5-4-13-2-1-3-14-8-11-18(16)20(13)14/h1-7,9-10,12H,8,11H2/b19-12-. The van der Waals surface area contributed by atoms with E-state index < -0.39 is 5.97 Å². The molecule has 26 heavy (non-hydrogen) atoms. The molecule has 3 aromatic carbocycles. The maximum absolute atomic E-state index is 12.3. The summed E-state index contributed by atoms with van der Waals surface area (Å²) >= 11 is 5.91. The summed E-state index contributed by atoms with van der Waals surface area (Å²) in [7, 11) is 0. The molecule has 0 amide bonds. The molecule has 126 valence electrons. The van der Waals surface area contributed by atoms with Crippen molar-refractivity contribution >= 4 is 40.3 Å². The Kier molecular flexibility index (Phi) is 3.44. The number of cyclic esters (lactones) is 1. The average Bonchev–Trinajstić information content (AvgIpc) is 3.24. The van der Waals surface area contributed by atoms with Crippen molar-refractivity contribution < 1.29 is 9.53 Å². The first kappa shape index (κ1) is 15.4. The van der Waals surface area contributed by atoms with E-state index in [-0.39, 0.29) is 0 Å². The SMILES string of the molecule is O=C1OC(c2ccc(Cl)cc2)=N/C1=C\c1ccc2cccc3c2c1CC3. The Balaban J connectivity index is 1.58. The number of ether oxygens (including phenoxy) is 1. The summed E-state index contributed by atoms with van der Waals surface area (Å²) in [5.74, 6) is -0.107. The predicted molar refractivity (Wildman–Crippen MR) is 103 cm³/mol. The molecule has 0 saturated carbocycles. The number of nitrogens with zero attached hydrogens (tertiary/aromatic N) is 1. The van der Waals surface area contributed by atoms with Crippen LogP contribution in [0.4, 0.5) is 0 Å². The smallest absolute Gasteiger partial charge is 0.363 e. The number of hydrogen-bond donors (Lipinski definition) is 0. The van der Waals surface area contributed by atoms with Crippen molar-refractivity contribution in [2.45, 2.75) is 12.8 Å². The Morgan fingerprint density at radius 2 is 1.85 bits per heavy atom. The van der Waals surface area contributed by atoms with Gasteiger partial charge >= 0.3 is 5.97 Å². The van der Waals surface area contributed by atoms with Crippen LogP contribution in [0.25, 0.3) is 16.8 Å². The van der Waals surface area contributed by atoms with Gasteiger partial charge in [0.05, 0.1) is 0 Å². The number of benzene rings is 3. The molecule has 5 rings (SSSR count). The number of aliphatic imine (C=N–C) groups is 1. The monoisotopic (exact) mass is 359 g/mol. The molecule has 0 aromatic heterocycles. The van der Waals surface area contributed by atoms with Crippen molar-refractivity contribution in [2.24, 2.45) is 4.99 Å². The van der Waals surface area contributed by atoms with Gasteiger partial charge in [0.15, 0.2) is 5.70 Å². The van der Waals surface area contributed by atoms with Gasteiger partial charge < -0.3 is 4.74 Å². The van der Waals surface area contributed by atoms with E-state index in [9.17, 15) is 4.79 Å². The van der Waals surface area contributed by atoms with Gasteiger partial charge in [-0.05, 0) is 70.6 Å². The van der Waals surface area contributed by atoms with Crippen molar-refractivity contribution in [3.05, 3.63) is 87.6 Å². The molecule has 0 radical (unpaired) electrons. The van der Waals surface area contributed by atoms with Gasteiger partial charge in [0, 0.05) is 10.6 Å². The summed E-state index contributed by atoms with van der Waals surface area (Å²) in [5, 5.41) is 3.19. The number of esters is 1. The summed E-state index contributed by atoms with van der Waals surface area (Å²) in [6.07, 6.45) is 3.86. The molecule has 1 aliphatic heterocycles. The molecule has 0 bridgehead atoms. The van der Waals surface area contributed by atoms with Crippen LogP contribution in [0.3, 0.4) is 0 Å². The highest BCUT2D eigenvalue weighted by atomic mass is 35.5. The van der Waals surface area contributed by atoms with Gasteiger partial charge in [-0.3, -0.25) is 0 Å². The van der Waals surface area contributed by atoms with E-state index in [0.717, 1.165) is 24.0 Å². The van der Waals surface area contributed by atoms with E-state index in [4.69, 9.17) is 16.3 Å². The van der Waals surface area contributed by atoms with Crippen LogP contribution in [0.1, 0.15) is 22.3 Å². The number of rotatable bonds is 2. The van der Waals surface area contributed by atoms with Gasteiger partial charge in [0.2, 0.25) is 5.90 Å². The Morgan fingerprint density at radius 3 is 2.69 bits per heavy atom. The lowest BCUT2D eigenvalue weighted by molar-refractivity contribution is -0.129. The van der Waals surface area contributed by atoms with E-state index in [2.05, 4.69) is 35.3 Å². The minimum Gasteiger partial charge on any atom is -0.402 e. The molecule has 0 spiro atoms. The van der Waals surface area contributed by atoms with Gasteiger partial charge in [0.1, 0.15) is 0 Å². The Morgan fingerprint density at radius 1 is 1.00 bits per heavy atom. The molecule has 1 aliphatic carbocycles. The van der Waals surface area contributed by atoms with Crippen LogP contribution >= 0.6 is 11.6 Å². The molecule has 1 heterocycles. The number of halogens is 1. The third kappa shape index (κ3) is 2.44. The maximum atomic E-state index is 12.3. The molecule has 3 nitrogen and oxygen atoms in total. The molecule has 0 fully saturated rings. The Bertz CT molecular complexity index is 1130. The minimum atomic E-state index is -0.423. The van der Waals surface area contributed by atoms with Gasteiger partial charge in [-0.25, -0.2) is 9.79 Å². The second-order valence-corrected chi connectivity index (χ2v) is 6.93. The normalized spacial score (nSPS) is 17.0. The molecule has 4 heteroatoms. The fourth-order valence-electron chi connectivity index (χ4n) is 3.70. The largest absolute Gasteiger partial charge is 0.402 e. The van der Waals surface area contributed by atoms with Gasteiger partial charge in [-0.15, -0.1) is 0 Å².